The summed E-state index contributed by atoms with van der Waals surface area (Å²) in [6.45, 7) is 1.94. The number of hydrogen-bond acceptors (Lipinski definition) is 5. The summed E-state index contributed by atoms with van der Waals surface area (Å²) in [5.41, 5.74) is 3.22. The zero-order chi connectivity index (χ0) is 27.0. The number of anilines is 1. The first-order valence-electron chi connectivity index (χ1n) is 11.2. The lowest BCUT2D eigenvalue weighted by molar-refractivity contribution is -0.171. The maximum atomic E-state index is 14.1. The number of benzene rings is 2. The van der Waals surface area contributed by atoms with E-state index in [1.807, 2.05) is 37.3 Å². The minimum atomic E-state index is -5.40. The Hall–Kier alpha value is -3.80. The van der Waals surface area contributed by atoms with Crippen LogP contribution in [-0.4, -0.2) is 40.1 Å². The van der Waals surface area contributed by atoms with Gasteiger partial charge in [-0.05, 0) is 43.3 Å². The Morgan fingerprint density at radius 3 is 2.46 bits per heavy atom. The lowest BCUT2D eigenvalue weighted by atomic mass is 10.00. The molecule has 4 rings (SSSR count). The summed E-state index contributed by atoms with van der Waals surface area (Å²) in [5.74, 6) is -8.73. The fourth-order valence-corrected chi connectivity index (χ4v) is 4.59. The first-order valence-corrected chi connectivity index (χ1v) is 11.2. The normalized spacial score (nSPS) is 19.0. The molecule has 0 unspecified atom stereocenters. The summed E-state index contributed by atoms with van der Waals surface area (Å²) in [4.78, 5) is 28.9. The second kappa shape index (κ2) is 9.92. The standard InChI is InChI=1S/C25H22F5N3O4/c1-14-10-15(18-4-2-3-5-20(18)31-14)13-37-17-8-6-16(7-9-17)33(23(35)25(28,29)30)21-12-24(26,27)11-19(21)22(34)32-36/h2-10,19,21,36H,11-13H2,1H3,(H,32,34)/t19-,21-/m1/s1. The Balaban J connectivity index is 1.61. The highest BCUT2D eigenvalue weighted by atomic mass is 19.4. The second-order valence-electron chi connectivity index (χ2n) is 8.81. The van der Waals surface area contributed by atoms with Crippen LogP contribution in [0.15, 0.2) is 54.6 Å². The van der Waals surface area contributed by atoms with Crippen molar-refractivity contribution in [2.75, 3.05) is 4.90 Å². The van der Waals surface area contributed by atoms with E-state index >= 15 is 0 Å². The van der Waals surface area contributed by atoms with Crippen LogP contribution in [0.2, 0.25) is 0 Å². The lowest BCUT2D eigenvalue weighted by Gasteiger charge is -2.32. The zero-order valence-corrected chi connectivity index (χ0v) is 19.4. The predicted molar refractivity (Wildman–Crippen MR) is 122 cm³/mol. The summed E-state index contributed by atoms with van der Waals surface area (Å²) < 4.78 is 74.3. The van der Waals surface area contributed by atoms with Gasteiger partial charge < -0.3 is 9.64 Å². The highest BCUT2D eigenvalue weighted by molar-refractivity contribution is 5.99. The number of halogens is 5. The zero-order valence-electron chi connectivity index (χ0n) is 19.4. The van der Waals surface area contributed by atoms with E-state index in [0.717, 1.165) is 34.3 Å². The van der Waals surface area contributed by atoms with Crippen LogP contribution in [0.3, 0.4) is 0 Å². The molecule has 3 aromatic rings. The van der Waals surface area contributed by atoms with Gasteiger partial charge in [0, 0.05) is 35.2 Å². The number of ether oxygens (including phenoxy) is 1. The average Bonchev–Trinajstić information content (AvgIpc) is 3.17. The van der Waals surface area contributed by atoms with E-state index in [1.54, 1.807) is 0 Å². The van der Waals surface area contributed by atoms with Gasteiger partial charge in [0.05, 0.1) is 17.5 Å². The van der Waals surface area contributed by atoms with E-state index in [2.05, 4.69) is 4.98 Å². The van der Waals surface area contributed by atoms with Crippen LogP contribution in [0.25, 0.3) is 10.9 Å². The number of aromatic nitrogens is 1. The number of hydrogen-bond donors (Lipinski definition) is 2. The van der Waals surface area contributed by atoms with Crippen molar-refractivity contribution in [2.24, 2.45) is 5.92 Å². The molecule has 37 heavy (non-hydrogen) atoms. The molecule has 1 heterocycles. The van der Waals surface area contributed by atoms with Crippen LogP contribution in [0.4, 0.5) is 27.6 Å². The molecule has 0 radical (unpaired) electrons. The Morgan fingerprint density at radius 2 is 1.81 bits per heavy atom. The SMILES string of the molecule is Cc1cc(COc2ccc(N(C(=O)C(F)(F)F)[C@@H]3CC(F)(F)C[C@H]3C(=O)NO)cc2)c2ccccc2n1. The molecule has 2 atom stereocenters. The summed E-state index contributed by atoms with van der Waals surface area (Å²) >= 11 is 0. The third-order valence-electron chi connectivity index (χ3n) is 6.17. The molecule has 1 fully saturated rings. The van der Waals surface area contributed by atoms with Crippen molar-refractivity contribution < 1.29 is 41.5 Å². The Bertz CT molecular complexity index is 1310. The minimum Gasteiger partial charge on any atom is -0.489 e. The molecule has 2 N–H and O–H groups in total. The summed E-state index contributed by atoms with van der Waals surface area (Å²) in [5, 5.41) is 9.78. The minimum absolute atomic E-state index is 0.113. The number of carbonyl (C=O) groups excluding carboxylic acids is 2. The predicted octanol–water partition coefficient (Wildman–Crippen LogP) is 4.94. The number of carbonyl (C=O) groups is 2. The van der Waals surface area contributed by atoms with Crippen molar-refractivity contribution in [3.05, 3.63) is 65.9 Å². The maximum absolute atomic E-state index is 14.1. The Kier molecular flexibility index (Phi) is 7.05. The number of nitrogens with zero attached hydrogens (tertiary/aromatic N) is 2. The molecule has 1 saturated carbocycles. The van der Waals surface area contributed by atoms with Crippen molar-refractivity contribution >= 4 is 28.4 Å². The van der Waals surface area contributed by atoms with E-state index < -0.39 is 48.7 Å². The van der Waals surface area contributed by atoms with Crippen LogP contribution < -0.4 is 15.1 Å². The summed E-state index contributed by atoms with van der Waals surface area (Å²) in [6.07, 6.45) is -7.70. The molecule has 0 bridgehead atoms. The van der Waals surface area contributed by atoms with Crippen LogP contribution in [0.5, 0.6) is 5.75 Å². The van der Waals surface area contributed by atoms with Crippen molar-refractivity contribution in [1.29, 1.82) is 0 Å². The van der Waals surface area contributed by atoms with Gasteiger partial charge in [-0.2, -0.15) is 13.2 Å². The highest BCUT2D eigenvalue weighted by Gasteiger charge is 2.56. The number of rotatable bonds is 6. The van der Waals surface area contributed by atoms with Gasteiger partial charge in [0.25, 0.3) is 5.92 Å². The fraction of sp³-hybridized carbons (Fsp3) is 0.320. The molecular formula is C25H22F5N3O4. The Labute approximate surface area is 207 Å². The number of hydroxylamine groups is 1. The van der Waals surface area contributed by atoms with E-state index in [1.165, 1.54) is 17.6 Å². The molecule has 1 aliphatic carbocycles. The first-order chi connectivity index (χ1) is 17.4. The highest BCUT2D eigenvalue weighted by Crippen LogP contribution is 2.44. The van der Waals surface area contributed by atoms with E-state index in [9.17, 15) is 31.5 Å². The number of para-hydroxylation sites is 1. The number of aryl methyl sites for hydroxylation is 1. The molecule has 196 valence electrons. The van der Waals surface area contributed by atoms with Crippen molar-refractivity contribution in [3.63, 3.8) is 0 Å². The number of alkyl halides is 5. The van der Waals surface area contributed by atoms with Gasteiger partial charge in [0.2, 0.25) is 5.91 Å². The number of amides is 2. The molecule has 0 aliphatic heterocycles. The topological polar surface area (TPSA) is 91.8 Å². The van der Waals surface area contributed by atoms with E-state index in [-0.39, 0.29) is 22.9 Å². The molecule has 0 spiro atoms. The third kappa shape index (κ3) is 5.63. The van der Waals surface area contributed by atoms with E-state index in [0.29, 0.717) is 0 Å². The smallest absolute Gasteiger partial charge is 0.471 e. The molecular weight excluding hydrogens is 501 g/mol. The largest absolute Gasteiger partial charge is 0.489 e. The van der Waals surface area contributed by atoms with Gasteiger partial charge in [0.15, 0.2) is 0 Å². The van der Waals surface area contributed by atoms with Crippen LogP contribution in [0.1, 0.15) is 24.1 Å². The number of fused-ring (bicyclic) bond motifs is 1. The van der Waals surface area contributed by atoms with Gasteiger partial charge in [-0.15, -0.1) is 0 Å². The Morgan fingerprint density at radius 1 is 1.14 bits per heavy atom. The third-order valence-corrected chi connectivity index (χ3v) is 6.17. The molecule has 12 heteroatoms. The van der Waals surface area contributed by atoms with Gasteiger partial charge in [0.1, 0.15) is 12.4 Å². The quantitative estimate of drug-likeness (QED) is 0.272. The summed E-state index contributed by atoms with van der Waals surface area (Å²) in [7, 11) is 0. The number of nitrogens with one attached hydrogen (secondary N) is 1. The van der Waals surface area contributed by atoms with Gasteiger partial charge >= 0.3 is 12.1 Å². The van der Waals surface area contributed by atoms with E-state index in [4.69, 9.17) is 9.94 Å². The van der Waals surface area contributed by atoms with Gasteiger partial charge in [-0.1, -0.05) is 18.2 Å². The maximum Gasteiger partial charge on any atom is 0.471 e. The molecule has 1 aromatic heterocycles. The fourth-order valence-electron chi connectivity index (χ4n) is 4.59. The van der Waals surface area contributed by atoms with Crippen LogP contribution in [-0.2, 0) is 16.2 Å². The summed E-state index contributed by atoms with van der Waals surface area (Å²) in [6, 6.07) is 12.3. The van der Waals surface area contributed by atoms with Crippen LogP contribution in [0, 0.1) is 12.8 Å². The molecule has 7 nitrogen and oxygen atoms in total. The monoisotopic (exact) mass is 523 g/mol. The van der Waals surface area contributed by atoms with Crippen LogP contribution >= 0.6 is 0 Å². The van der Waals surface area contributed by atoms with Gasteiger partial charge in [-0.3, -0.25) is 19.8 Å². The lowest BCUT2D eigenvalue weighted by Crippen LogP contribution is -2.51. The second-order valence-corrected chi connectivity index (χ2v) is 8.81. The molecule has 0 saturated heterocycles. The average molecular weight is 523 g/mol. The molecule has 2 amide bonds. The molecule has 1 aliphatic rings. The van der Waals surface area contributed by atoms with Gasteiger partial charge in [-0.25, -0.2) is 14.3 Å². The number of pyridine rings is 1. The molecule has 2 aromatic carbocycles. The van der Waals surface area contributed by atoms with Crippen molar-refractivity contribution in [1.82, 2.24) is 10.5 Å². The van der Waals surface area contributed by atoms with Crippen molar-refractivity contribution in [3.8, 4) is 5.75 Å². The van der Waals surface area contributed by atoms with Crippen molar-refractivity contribution in [2.45, 2.75) is 44.5 Å². The first kappa shape index (κ1) is 26.3.